The standard InChI is InChI=1S/C11H21O4/c1-5-12-7-8-14-11(9-13-6-2)15-10(3)4/h11H,2-3,5-9H2,1,4H3. The molecule has 1 radical (unpaired) electrons. The van der Waals surface area contributed by atoms with E-state index in [9.17, 15) is 0 Å². The fourth-order valence-electron chi connectivity index (χ4n) is 0.903. The third-order valence-electron chi connectivity index (χ3n) is 1.47. The zero-order chi connectivity index (χ0) is 11.5. The average Bonchev–Trinajstić information content (AvgIpc) is 2.19. The van der Waals surface area contributed by atoms with Crippen LogP contribution in [0.1, 0.15) is 13.8 Å². The highest BCUT2D eigenvalue weighted by atomic mass is 16.7. The van der Waals surface area contributed by atoms with Crippen LogP contribution in [0.25, 0.3) is 0 Å². The van der Waals surface area contributed by atoms with E-state index in [0.29, 0.717) is 38.8 Å². The van der Waals surface area contributed by atoms with E-state index in [-0.39, 0.29) is 0 Å². The molecule has 0 fully saturated rings. The summed E-state index contributed by atoms with van der Waals surface area (Å²) in [6, 6.07) is 0. The quantitative estimate of drug-likeness (QED) is 0.317. The van der Waals surface area contributed by atoms with Gasteiger partial charge in [-0.15, -0.1) is 0 Å². The van der Waals surface area contributed by atoms with Crippen LogP contribution in [0.5, 0.6) is 0 Å². The van der Waals surface area contributed by atoms with E-state index in [1.807, 2.05) is 6.92 Å². The van der Waals surface area contributed by atoms with Gasteiger partial charge in [-0.05, 0) is 20.8 Å². The molecule has 0 saturated heterocycles. The predicted molar refractivity (Wildman–Crippen MR) is 58.3 cm³/mol. The molecule has 1 unspecified atom stereocenters. The number of ether oxygens (including phenoxy) is 4. The molecule has 0 aliphatic carbocycles. The highest BCUT2D eigenvalue weighted by molar-refractivity contribution is 4.74. The second kappa shape index (κ2) is 9.96. The lowest BCUT2D eigenvalue weighted by atomic mass is 10.6. The maximum Gasteiger partial charge on any atom is 0.223 e. The summed E-state index contributed by atoms with van der Waals surface area (Å²) in [7, 11) is 0. The van der Waals surface area contributed by atoms with Crippen LogP contribution in [0.2, 0.25) is 0 Å². The third-order valence-corrected chi connectivity index (χ3v) is 1.47. The molecule has 0 bridgehead atoms. The maximum absolute atomic E-state index is 5.40. The van der Waals surface area contributed by atoms with Gasteiger partial charge in [0.05, 0.1) is 19.0 Å². The van der Waals surface area contributed by atoms with E-state index >= 15 is 0 Å². The van der Waals surface area contributed by atoms with Gasteiger partial charge in [-0.1, -0.05) is 6.58 Å². The van der Waals surface area contributed by atoms with E-state index < -0.39 is 6.29 Å². The first-order valence-corrected chi connectivity index (χ1v) is 5.09. The summed E-state index contributed by atoms with van der Waals surface area (Å²) < 4.78 is 21.0. The molecule has 89 valence electrons. The first-order chi connectivity index (χ1) is 7.20. The molecule has 0 rings (SSSR count). The molecular formula is C11H21O4. The lowest BCUT2D eigenvalue weighted by Crippen LogP contribution is -2.24. The van der Waals surface area contributed by atoms with Crippen LogP contribution >= 0.6 is 0 Å². The van der Waals surface area contributed by atoms with Gasteiger partial charge in [-0.3, -0.25) is 0 Å². The van der Waals surface area contributed by atoms with Crippen molar-refractivity contribution in [3.05, 3.63) is 19.3 Å². The molecule has 15 heavy (non-hydrogen) atoms. The first-order valence-electron chi connectivity index (χ1n) is 5.09. The van der Waals surface area contributed by atoms with Crippen molar-refractivity contribution in [2.75, 3.05) is 33.0 Å². The van der Waals surface area contributed by atoms with Gasteiger partial charge in [0.25, 0.3) is 0 Å². The van der Waals surface area contributed by atoms with Crippen LogP contribution in [0.4, 0.5) is 0 Å². The minimum absolute atomic E-state index is 0.350. The summed E-state index contributed by atoms with van der Waals surface area (Å²) in [4.78, 5) is 0. The Hall–Kier alpha value is -0.580. The molecule has 4 heteroatoms. The summed E-state index contributed by atoms with van der Waals surface area (Å²) in [5.41, 5.74) is 0. The lowest BCUT2D eigenvalue weighted by Gasteiger charge is -2.19. The first kappa shape index (κ1) is 14.4. The summed E-state index contributed by atoms with van der Waals surface area (Å²) >= 11 is 0. The van der Waals surface area contributed by atoms with Crippen molar-refractivity contribution in [1.82, 2.24) is 0 Å². The Morgan fingerprint density at radius 1 is 1.27 bits per heavy atom. The van der Waals surface area contributed by atoms with E-state index in [2.05, 4.69) is 13.5 Å². The number of allylic oxidation sites excluding steroid dienone is 1. The Labute approximate surface area is 92.2 Å². The van der Waals surface area contributed by atoms with Crippen molar-refractivity contribution in [2.24, 2.45) is 0 Å². The van der Waals surface area contributed by atoms with Gasteiger partial charge in [-0.25, -0.2) is 0 Å². The van der Waals surface area contributed by atoms with Crippen molar-refractivity contribution < 1.29 is 18.9 Å². The maximum atomic E-state index is 5.40. The van der Waals surface area contributed by atoms with Crippen molar-refractivity contribution in [2.45, 2.75) is 20.1 Å². The summed E-state index contributed by atoms with van der Waals surface area (Å²) in [6.07, 6.45) is -0.426. The van der Waals surface area contributed by atoms with Crippen LogP contribution in [0.15, 0.2) is 12.3 Å². The fourth-order valence-corrected chi connectivity index (χ4v) is 0.903. The minimum atomic E-state index is -0.426. The zero-order valence-electron chi connectivity index (χ0n) is 9.66. The lowest BCUT2D eigenvalue weighted by molar-refractivity contribution is -0.155. The molecule has 0 aliphatic heterocycles. The molecule has 4 nitrogen and oxygen atoms in total. The smallest absolute Gasteiger partial charge is 0.223 e. The topological polar surface area (TPSA) is 36.9 Å². The highest BCUT2D eigenvalue weighted by Crippen LogP contribution is 2.02. The molecular weight excluding hydrogens is 196 g/mol. The molecule has 0 aromatic carbocycles. The van der Waals surface area contributed by atoms with Crippen LogP contribution in [0, 0.1) is 6.92 Å². The van der Waals surface area contributed by atoms with Gasteiger partial charge in [0.1, 0.15) is 6.61 Å². The van der Waals surface area contributed by atoms with E-state index in [0.717, 1.165) is 0 Å². The Kier molecular flexibility index (Phi) is 9.57. The Bertz CT molecular complexity index is 159. The summed E-state index contributed by atoms with van der Waals surface area (Å²) in [6.45, 7) is 13.4. The molecule has 0 N–H and O–H groups in total. The molecule has 0 amide bonds. The van der Waals surface area contributed by atoms with Crippen LogP contribution in [0.3, 0.4) is 0 Å². The Morgan fingerprint density at radius 3 is 2.53 bits per heavy atom. The molecule has 0 aromatic heterocycles. The van der Waals surface area contributed by atoms with Gasteiger partial charge in [0.15, 0.2) is 0 Å². The van der Waals surface area contributed by atoms with E-state index in [1.165, 1.54) is 0 Å². The number of rotatable bonds is 10. The molecule has 0 heterocycles. The van der Waals surface area contributed by atoms with Crippen LogP contribution in [-0.4, -0.2) is 39.3 Å². The third kappa shape index (κ3) is 9.72. The second-order valence-corrected chi connectivity index (χ2v) is 2.89. The van der Waals surface area contributed by atoms with E-state index in [4.69, 9.17) is 18.9 Å². The fraction of sp³-hybridized carbons (Fsp3) is 0.727. The van der Waals surface area contributed by atoms with Crippen LogP contribution < -0.4 is 0 Å². The van der Waals surface area contributed by atoms with Crippen molar-refractivity contribution in [3.8, 4) is 0 Å². The van der Waals surface area contributed by atoms with Crippen molar-refractivity contribution in [1.29, 1.82) is 0 Å². The molecule has 0 aliphatic rings. The molecule has 0 spiro atoms. The SMILES string of the molecule is [CH2]COCC(OCCOCC)OC(=C)C. The Balaban J connectivity index is 3.64. The number of hydrogen-bond donors (Lipinski definition) is 0. The molecule has 1 atom stereocenters. The summed E-state index contributed by atoms with van der Waals surface area (Å²) in [5, 5.41) is 0. The normalized spacial score (nSPS) is 12.5. The van der Waals surface area contributed by atoms with Gasteiger partial charge in [0, 0.05) is 13.2 Å². The van der Waals surface area contributed by atoms with Gasteiger partial charge < -0.3 is 18.9 Å². The minimum Gasteiger partial charge on any atom is -0.468 e. The van der Waals surface area contributed by atoms with Gasteiger partial charge >= 0.3 is 0 Å². The Morgan fingerprint density at radius 2 is 2.00 bits per heavy atom. The molecule has 0 saturated carbocycles. The zero-order valence-corrected chi connectivity index (χ0v) is 9.66. The summed E-state index contributed by atoms with van der Waals surface area (Å²) in [5.74, 6) is 0.601. The second-order valence-electron chi connectivity index (χ2n) is 2.89. The number of hydrogen-bond acceptors (Lipinski definition) is 4. The van der Waals surface area contributed by atoms with Crippen molar-refractivity contribution in [3.63, 3.8) is 0 Å². The monoisotopic (exact) mass is 217 g/mol. The van der Waals surface area contributed by atoms with E-state index in [1.54, 1.807) is 6.92 Å². The average molecular weight is 217 g/mol. The predicted octanol–water partition coefficient (Wildman–Crippen LogP) is 1.77. The van der Waals surface area contributed by atoms with Gasteiger partial charge in [0.2, 0.25) is 6.29 Å². The highest BCUT2D eigenvalue weighted by Gasteiger charge is 2.09. The largest absolute Gasteiger partial charge is 0.468 e. The van der Waals surface area contributed by atoms with Crippen LogP contribution in [-0.2, 0) is 18.9 Å². The molecule has 0 aromatic rings. The van der Waals surface area contributed by atoms with Gasteiger partial charge in [-0.2, -0.15) is 0 Å². The van der Waals surface area contributed by atoms with Crippen molar-refractivity contribution >= 4 is 0 Å².